The van der Waals surface area contributed by atoms with Crippen molar-refractivity contribution < 1.29 is 4.74 Å². The molecule has 1 heterocycles. The largest absolute Gasteiger partial charge is 0.495 e. The standard InChI is InChI=1S/C17H13ClN4O2/c1-24-15-5-3-11(7-14(15)18)9-20-16-13-6-10(8-19)2-4-12(13)17(23)22-21-16/h2-7H,9H2,1H3,(H,20,21)(H,22,23). The van der Waals surface area contributed by atoms with Crippen molar-refractivity contribution in [1.29, 1.82) is 5.26 Å². The van der Waals surface area contributed by atoms with E-state index in [1.165, 1.54) is 0 Å². The molecule has 3 rings (SSSR count). The first-order chi connectivity index (χ1) is 11.6. The van der Waals surface area contributed by atoms with E-state index in [4.69, 9.17) is 21.6 Å². The number of nitrogens with zero attached hydrogens (tertiary/aromatic N) is 2. The zero-order valence-electron chi connectivity index (χ0n) is 12.8. The van der Waals surface area contributed by atoms with Gasteiger partial charge in [-0.05, 0) is 35.9 Å². The average molecular weight is 341 g/mol. The fourth-order valence-corrected chi connectivity index (χ4v) is 2.66. The van der Waals surface area contributed by atoms with Gasteiger partial charge >= 0.3 is 0 Å². The quantitative estimate of drug-likeness (QED) is 0.761. The van der Waals surface area contributed by atoms with Crippen LogP contribution in [0.25, 0.3) is 10.8 Å². The number of aromatic amines is 1. The van der Waals surface area contributed by atoms with Crippen molar-refractivity contribution in [2.75, 3.05) is 12.4 Å². The number of aromatic nitrogens is 2. The van der Waals surface area contributed by atoms with E-state index in [0.717, 1.165) is 5.56 Å². The van der Waals surface area contributed by atoms with Gasteiger partial charge < -0.3 is 10.1 Å². The Bertz CT molecular complexity index is 1010. The van der Waals surface area contributed by atoms with Gasteiger partial charge in [-0.15, -0.1) is 0 Å². The number of nitriles is 1. The van der Waals surface area contributed by atoms with Gasteiger partial charge in [-0.3, -0.25) is 4.79 Å². The van der Waals surface area contributed by atoms with E-state index in [9.17, 15) is 4.79 Å². The van der Waals surface area contributed by atoms with Crippen LogP contribution in [-0.4, -0.2) is 17.3 Å². The summed E-state index contributed by atoms with van der Waals surface area (Å²) in [5, 5.41) is 20.3. The molecule has 7 heteroatoms. The maximum absolute atomic E-state index is 11.9. The smallest absolute Gasteiger partial charge is 0.272 e. The summed E-state index contributed by atoms with van der Waals surface area (Å²) in [6.07, 6.45) is 0. The summed E-state index contributed by atoms with van der Waals surface area (Å²) in [5.41, 5.74) is 1.09. The second-order valence-corrected chi connectivity index (χ2v) is 5.50. The van der Waals surface area contributed by atoms with Crippen LogP contribution in [0.3, 0.4) is 0 Å². The van der Waals surface area contributed by atoms with Crippen LogP contribution < -0.4 is 15.6 Å². The lowest BCUT2D eigenvalue weighted by Crippen LogP contribution is -2.12. The molecule has 2 N–H and O–H groups in total. The Kier molecular flexibility index (Phi) is 4.36. The Morgan fingerprint density at radius 3 is 2.83 bits per heavy atom. The summed E-state index contributed by atoms with van der Waals surface area (Å²) in [6.45, 7) is 0.453. The molecule has 0 saturated heterocycles. The first kappa shape index (κ1) is 15.8. The Hall–Kier alpha value is -3.04. The van der Waals surface area contributed by atoms with Crippen molar-refractivity contribution in [2.24, 2.45) is 0 Å². The summed E-state index contributed by atoms with van der Waals surface area (Å²) in [5.74, 6) is 1.10. The zero-order chi connectivity index (χ0) is 17.1. The van der Waals surface area contributed by atoms with Gasteiger partial charge in [0, 0.05) is 11.9 Å². The molecule has 0 spiro atoms. The van der Waals surface area contributed by atoms with Gasteiger partial charge in [-0.1, -0.05) is 17.7 Å². The number of methoxy groups -OCH3 is 1. The van der Waals surface area contributed by atoms with Crippen molar-refractivity contribution in [3.05, 3.63) is 62.9 Å². The summed E-state index contributed by atoms with van der Waals surface area (Å²) in [7, 11) is 1.56. The Morgan fingerprint density at radius 2 is 2.12 bits per heavy atom. The summed E-state index contributed by atoms with van der Waals surface area (Å²) in [6, 6.07) is 12.4. The third-order valence-electron chi connectivity index (χ3n) is 3.59. The van der Waals surface area contributed by atoms with E-state index in [1.54, 1.807) is 37.4 Å². The summed E-state index contributed by atoms with van der Waals surface area (Å²) < 4.78 is 5.12. The van der Waals surface area contributed by atoms with Crippen LogP contribution in [0, 0.1) is 11.3 Å². The highest BCUT2D eigenvalue weighted by Gasteiger charge is 2.08. The minimum atomic E-state index is -0.299. The third kappa shape index (κ3) is 3.03. The predicted molar refractivity (Wildman–Crippen MR) is 92.4 cm³/mol. The minimum absolute atomic E-state index is 0.299. The van der Waals surface area contributed by atoms with Crippen LogP contribution in [0.4, 0.5) is 5.82 Å². The van der Waals surface area contributed by atoms with Crippen molar-refractivity contribution in [3.8, 4) is 11.8 Å². The van der Waals surface area contributed by atoms with Crippen LogP contribution in [0.1, 0.15) is 11.1 Å². The first-order valence-corrected chi connectivity index (χ1v) is 7.49. The lowest BCUT2D eigenvalue weighted by molar-refractivity contribution is 0.415. The fraction of sp³-hybridized carbons (Fsp3) is 0.118. The summed E-state index contributed by atoms with van der Waals surface area (Å²) >= 11 is 6.11. The minimum Gasteiger partial charge on any atom is -0.495 e. The molecule has 0 aliphatic rings. The number of H-pyrrole nitrogens is 1. The fourth-order valence-electron chi connectivity index (χ4n) is 2.38. The van der Waals surface area contributed by atoms with E-state index >= 15 is 0 Å². The molecule has 0 bridgehead atoms. The molecule has 0 radical (unpaired) electrons. The lowest BCUT2D eigenvalue weighted by atomic mass is 10.1. The Labute approximate surface area is 142 Å². The highest BCUT2D eigenvalue weighted by molar-refractivity contribution is 6.32. The second kappa shape index (κ2) is 6.60. The van der Waals surface area contributed by atoms with Gasteiger partial charge in [0.05, 0.1) is 29.2 Å². The molecule has 6 nitrogen and oxygen atoms in total. The molecule has 0 fully saturated rings. The molecule has 24 heavy (non-hydrogen) atoms. The number of fused-ring (bicyclic) bond motifs is 1. The third-order valence-corrected chi connectivity index (χ3v) is 3.89. The molecule has 0 aliphatic carbocycles. The highest BCUT2D eigenvalue weighted by atomic mass is 35.5. The number of nitrogens with one attached hydrogen (secondary N) is 2. The molecule has 3 aromatic rings. The van der Waals surface area contributed by atoms with Gasteiger partial charge in [0.1, 0.15) is 5.75 Å². The van der Waals surface area contributed by atoms with E-state index in [-0.39, 0.29) is 5.56 Å². The number of hydrogen-bond donors (Lipinski definition) is 2. The average Bonchev–Trinajstić information content (AvgIpc) is 2.61. The number of ether oxygens (including phenoxy) is 1. The van der Waals surface area contributed by atoms with E-state index in [1.807, 2.05) is 6.07 Å². The molecule has 0 unspecified atom stereocenters. The van der Waals surface area contributed by atoms with Gasteiger partial charge in [0.2, 0.25) is 0 Å². The Morgan fingerprint density at radius 1 is 1.29 bits per heavy atom. The monoisotopic (exact) mass is 340 g/mol. The van der Waals surface area contributed by atoms with Crippen LogP contribution in [-0.2, 0) is 6.54 Å². The van der Waals surface area contributed by atoms with Gasteiger partial charge in [0.15, 0.2) is 5.82 Å². The van der Waals surface area contributed by atoms with Crippen LogP contribution >= 0.6 is 11.6 Å². The molecule has 0 amide bonds. The molecule has 0 saturated carbocycles. The maximum atomic E-state index is 11.9. The van der Waals surface area contributed by atoms with Crippen molar-refractivity contribution in [3.63, 3.8) is 0 Å². The second-order valence-electron chi connectivity index (χ2n) is 5.10. The summed E-state index contributed by atoms with van der Waals surface area (Å²) in [4.78, 5) is 11.9. The van der Waals surface area contributed by atoms with Crippen LogP contribution in [0.15, 0.2) is 41.2 Å². The highest BCUT2D eigenvalue weighted by Crippen LogP contribution is 2.26. The lowest BCUT2D eigenvalue weighted by Gasteiger charge is -2.10. The number of anilines is 1. The van der Waals surface area contributed by atoms with Gasteiger partial charge in [-0.2, -0.15) is 10.4 Å². The molecular formula is C17H13ClN4O2. The molecular weight excluding hydrogens is 328 g/mol. The van der Waals surface area contributed by atoms with Crippen LogP contribution in [0.2, 0.25) is 5.02 Å². The van der Waals surface area contributed by atoms with Crippen LogP contribution in [0.5, 0.6) is 5.75 Å². The molecule has 1 aromatic heterocycles. The maximum Gasteiger partial charge on any atom is 0.272 e. The van der Waals surface area contributed by atoms with Crippen molar-refractivity contribution >= 4 is 28.2 Å². The molecule has 120 valence electrons. The molecule has 0 atom stereocenters. The number of hydrogen-bond acceptors (Lipinski definition) is 5. The predicted octanol–water partition coefficient (Wildman–Crippen LogP) is 3.07. The number of halogens is 1. The normalized spacial score (nSPS) is 10.4. The van der Waals surface area contributed by atoms with E-state index in [2.05, 4.69) is 21.6 Å². The Balaban J connectivity index is 1.93. The molecule has 2 aromatic carbocycles. The zero-order valence-corrected chi connectivity index (χ0v) is 13.5. The van der Waals surface area contributed by atoms with Crippen molar-refractivity contribution in [2.45, 2.75) is 6.54 Å². The van der Waals surface area contributed by atoms with Gasteiger partial charge in [0.25, 0.3) is 5.56 Å². The van der Waals surface area contributed by atoms with E-state index in [0.29, 0.717) is 39.5 Å². The number of benzene rings is 2. The van der Waals surface area contributed by atoms with E-state index < -0.39 is 0 Å². The molecule has 0 aliphatic heterocycles. The van der Waals surface area contributed by atoms with Gasteiger partial charge in [-0.25, -0.2) is 5.10 Å². The van der Waals surface area contributed by atoms with Crippen molar-refractivity contribution in [1.82, 2.24) is 10.2 Å². The number of rotatable bonds is 4. The SMILES string of the molecule is COc1ccc(CNc2n[nH]c(=O)c3ccc(C#N)cc23)cc1Cl. The topological polar surface area (TPSA) is 90.8 Å². The first-order valence-electron chi connectivity index (χ1n) is 7.11.